The lowest BCUT2D eigenvalue weighted by atomic mass is 10.2. The van der Waals surface area contributed by atoms with Gasteiger partial charge in [0.25, 0.3) is 0 Å². The van der Waals surface area contributed by atoms with Crippen LogP contribution in [-0.2, 0) is 17.8 Å². The fourth-order valence-electron chi connectivity index (χ4n) is 4.60. The molecule has 37 heavy (non-hydrogen) atoms. The number of aromatic nitrogens is 2. The molecule has 0 spiro atoms. The number of anilines is 1. The van der Waals surface area contributed by atoms with Crippen LogP contribution in [0.2, 0.25) is 0 Å². The molecule has 4 rings (SSSR count). The van der Waals surface area contributed by atoms with E-state index in [9.17, 15) is 4.79 Å². The minimum atomic E-state index is -0.860. The fourth-order valence-corrected chi connectivity index (χ4v) is 4.60. The van der Waals surface area contributed by atoms with E-state index >= 15 is 0 Å². The van der Waals surface area contributed by atoms with Crippen molar-refractivity contribution in [1.82, 2.24) is 14.9 Å². The molecule has 8 heteroatoms. The summed E-state index contributed by atoms with van der Waals surface area (Å²) < 4.78 is 11.9. The number of carboxylic acid groups (broad SMARTS) is 1. The molecule has 8 nitrogen and oxygen atoms in total. The first-order chi connectivity index (χ1) is 18.0. The third-order valence-electron chi connectivity index (χ3n) is 6.48. The van der Waals surface area contributed by atoms with Gasteiger partial charge < -0.3 is 19.2 Å². The van der Waals surface area contributed by atoms with E-state index in [-0.39, 0.29) is 6.54 Å². The van der Waals surface area contributed by atoms with Crippen molar-refractivity contribution in [1.29, 1.82) is 0 Å². The average molecular weight is 505 g/mol. The van der Waals surface area contributed by atoms with Crippen molar-refractivity contribution in [3.63, 3.8) is 0 Å². The predicted octanol–water partition coefficient (Wildman–Crippen LogP) is 5.12. The van der Waals surface area contributed by atoms with Gasteiger partial charge in [0, 0.05) is 38.8 Å². The first-order valence-electron chi connectivity index (χ1n) is 13.0. The zero-order chi connectivity index (χ0) is 26.0. The zero-order valence-corrected chi connectivity index (χ0v) is 21.6. The summed E-state index contributed by atoms with van der Waals surface area (Å²) in [5, 5.41) is 9.12. The number of carbonyl (C=O) groups is 1. The molecule has 0 radical (unpaired) electrons. The van der Waals surface area contributed by atoms with Gasteiger partial charge in [-0.25, -0.2) is 9.97 Å². The lowest BCUT2D eigenvalue weighted by Crippen LogP contribution is -2.29. The van der Waals surface area contributed by atoms with E-state index in [0.717, 1.165) is 47.2 Å². The van der Waals surface area contributed by atoms with E-state index in [1.807, 2.05) is 48.4 Å². The molecule has 1 N–H and O–H groups in total. The van der Waals surface area contributed by atoms with Crippen molar-refractivity contribution in [2.45, 2.75) is 45.6 Å². The number of nitrogens with zero attached hydrogens (tertiary/aromatic N) is 4. The standard InChI is InChI=1S/C29H36N4O4/c1-3-14-32(21-28(34)35)20-23-9-8-10-25(18-23)36-17-13-26-22(2)37-29(31-26)24-11-12-27(30-19-24)33-15-6-4-5-7-16-33/h3,8-12,18-19H,1,4-7,13-17,20-21H2,2H3,(H,34,35). The van der Waals surface area contributed by atoms with E-state index in [1.165, 1.54) is 25.7 Å². The van der Waals surface area contributed by atoms with Crippen molar-refractivity contribution in [2.75, 3.05) is 37.7 Å². The van der Waals surface area contributed by atoms with E-state index in [0.29, 0.717) is 32.0 Å². The van der Waals surface area contributed by atoms with Gasteiger partial charge >= 0.3 is 5.97 Å². The average Bonchev–Trinajstić information content (AvgIpc) is 3.06. The number of hydrogen-bond donors (Lipinski definition) is 1. The first-order valence-corrected chi connectivity index (χ1v) is 13.0. The summed E-state index contributed by atoms with van der Waals surface area (Å²) in [7, 11) is 0. The van der Waals surface area contributed by atoms with Gasteiger partial charge in [0.1, 0.15) is 17.3 Å². The molecule has 3 aromatic rings. The van der Waals surface area contributed by atoms with Crippen LogP contribution in [0, 0.1) is 6.92 Å². The van der Waals surface area contributed by atoms with Gasteiger partial charge in [-0.2, -0.15) is 0 Å². The number of oxazole rings is 1. The Labute approximate surface area is 218 Å². The second-order valence-electron chi connectivity index (χ2n) is 9.43. The summed E-state index contributed by atoms with van der Waals surface area (Å²) in [5.74, 6) is 2.24. The van der Waals surface area contributed by atoms with Crippen LogP contribution >= 0.6 is 0 Å². The van der Waals surface area contributed by atoms with Gasteiger partial charge in [0.2, 0.25) is 5.89 Å². The number of aryl methyl sites for hydroxylation is 1. The summed E-state index contributed by atoms with van der Waals surface area (Å²) in [4.78, 5) is 24.7. The minimum absolute atomic E-state index is 0.0403. The Kier molecular flexibility index (Phi) is 9.32. The summed E-state index contributed by atoms with van der Waals surface area (Å²) in [5.41, 5.74) is 2.71. The molecule has 0 aliphatic carbocycles. The number of pyridine rings is 1. The monoisotopic (exact) mass is 504 g/mol. The van der Waals surface area contributed by atoms with Gasteiger partial charge in [0.15, 0.2) is 0 Å². The molecular formula is C29H36N4O4. The first kappa shape index (κ1) is 26.4. The molecule has 1 aliphatic heterocycles. The number of ether oxygens (including phenoxy) is 1. The predicted molar refractivity (Wildman–Crippen MR) is 144 cm³/mol. The Balaban J connectivity index is 1.33. The van der Waals surface area contributed by atoms with Gasteiger partial charge in [-0.15, -0.1) is 6.58 Å². The van der Waals surface area contributed by atoms with Crippen LogP contribution in [0.15, 0.2) is 59.7 Å². The van der Waals surface area contributed by atoms with E-state index in [2.05, 4.69) is 22.5 Å². The van der Waals surface area contributed by atoms with Crippen LogP contribution in [0.1, 0.15) is 42.7 Å². The van der Waals surface area contributed by atoms with Crippen LogP contribution in [0.3, 0.4) is 0 Å². The van der Waals surface area contributed by atoms with Crippen LogP contribution in [0.4, 0.5) is 5.82 Å². The van der Waals surface area contributed by atoms with Crippen molar-refractivity contribution in [2.24, 2.45) is 0 Å². The molecule has 0 unspecified atom stereocenters. The van der Waals surface area contributed by atoms with Gasteiger partial charge in [0.05, 0.1) is 24.4 Å². The molecule has 1 aliphatic rings. The van der Waals surface area contributed by atoms with Gasteiger partial charge in [-0.05, 0) is 49.6 Å². The van der Waals surface area contributed by atoms with Crippen LogP contribution in [0.5, 0.6) is 5.75 Å². The summed E-state index contributed by atoms with van der Waals surface area (Å²) in [6, 6.07) is 11.8. The second-order valence-corrected chi connectivity index (χ2v) is 9.43. The SMILES string of the molecule is C=CCN(CC(=O)O)Cc1cccc(OCCc2nc(-c3ccc(N4CCCCCC4)nc3)oc2C)c1. The topological polar surface area (TPSA) is 91.9 Å². The number of benzene rings is 1. The zero-order valence-electron chi connectivity index (χ0n) is 21.6. The fraction of sp³-hybridized carbons (Fsp3) is 0.414. The quantitative estimate of drug-likeness (QED) is 0.340. The molecule has 0 atom stereocenters. The van der Waals surface area contributed by atoms with Crippen LogP contribution in [-0.4, -0.2) is 58.7 Å². The number of hydrogen-bond acceptors (Lipinski definition) is 7. The summed E-state index contributed by atoms with van der Waals surface area (Å²) >= 11 is 0. The Morgan fingerprint density at radius 1 is 1.22 bits per heavy atom. The summed E-state index contributed by atoms with van der Waals surface area (Å²) in [6.07, 6.45) is 9.19. The molecule has 0 bridgehead atoms. The summed E-state index contributed by atoms with van der Waals surface area (Å²) in [6.45, 7) is 9.18. The number of rotatable bonds is 12. The minimum Gasteiger partial charge on any atom is -0.493 e. The highest BCUT2D eigenvalue weighted by atomic mass is 16.5. The highest BCUT2D eigenvalue weighted by Crippen LogP contribution is 2.25. The Bertz CT molecular complexity index is 1170. The van der Waals surface area contributed by atoms with Gasteiger partial charge in [-0.1, -0.05) is 31.1 Å². The molecule has 1 fully saturated rings. The number of aliphatic carboxylic acids is 1. The maximum atomic E-state index is 11.1. The molecule has 0 amide bonds. The highest BCUT2D eigenvalue weighted by Gasteiger charge is 2.15. The third kappa shape index (κ3) is 7.67. The van der Waals surface area contributed by atoms with Gasteiger partial charge in [-0.3, -0.25) is 9.69 Å². The van der Waals surface area contributed by atoms with E-state index < -0.39 is 5.97 Å². The normalized spacial score (nSPS) is 13.9. The Hall–Kier alpha value is -3.65. The van der Waals surface area contributed by atoms with Crippen molar-refractivity contribution in [3.05, 3.63) is 72.3 Å². The second kappa shape index (κ2) is 13.1. The maximum Gasteiger partial charge on any atom is 0.317 e. The largest absolute Gasteiger partial charge is 0.493 e. The van der Waals surface area contributed by atoms with Crippen LogP contribution < -0.4 is 9.64 Å². The Morgan fingerprint density at radius 2 is 2.03 bits per heavy atom. The molecule has 0 saturated carbocycles. The molecular weight excluding hydrogens is 468 g/mol. The van der Waals surface area contributed by atoms with Crippen molar-refractivity contribution in [3.8, 4) is 17.2 Å². The van der Waals surface area contributed by atoms with E-state index in [1.54, 1.807) is 6.08 Å². The maximum absolute atomic E-state index is 11.1. The highest BCUT2D eigenvalue weighted by molar-refractivity contribution is 5.69. The smallest absolute Gasteiger partial charge is 0.317 e. The molecule has 3 heterocycles. The van der Waals surface area contributed by atoms with Crippen molar-refractivity contribution < 1.29 is 19.1 Å². The lowest BCUT2D eigenvalue weighted by Gasteiger charge is -2.21. The number of carboxylic acids is 1. The molecule has 2 aromatic heterocycles. The molecule has 1 saturated heterocycles. The van der Waals surface area contributed by atoms with E-state index in [4.69, 9.17) is 19.2 Å². The van der Waals surface area contributed by atoms with Crippen molar-refractivity contribution >= 4 is 11.8 Å². The third-order valence-corrected chi connectivity index (χ3v) is 6.48. The molecule has 196 valence electrons. The lowest BCUT2D eigenvalue weighted by molar-refractivity contribution is -0.138. The van der Waals surface area contributed by atoms with Crippen LogP contribution in [0.25, 0.3) is 11.5 Å². The Morgan fingerprint density at radius 3 is 2.73 bits per heavy atom. The molecule has 1 aromatic carbocycles.